The fraction of sp³-hybridized carbons (Fsp3) is 0.609. The maximum Gasteiger partial charge on any atom is 0.180 e. The number of nitrogens with zero attached hydrogens (tertiary/aromatic N) is 2. The molecule has 0 amide bonds. The molecule has 0 radical (unpaired) electrons. The highest BCUT2D eigenvalue weighted by Gasteiger charge is 2.23. The van der Waals surface area contributed by atoms with Crippen LogP contribution in [0.15, 0.2) is 29.3 Å². The minimum Gasteiger partial charge on any atom is -0.484 e. The smallest absolute Gasteiger partial charge is 0.180 e. The van der Waals surface area contributed by atoms with Gasteiger partial charge in [-0.3, -0.25) is 14.5 Å². The predicted octanol–water partition coefficient (Wildman–Crippen LogP) is 4.60. The number of carbonyl (C=O) groups is 2. The van der Waals surface area contributed by atoms with E-state index in [2.05, 4.69) is 28.9 Å². The van der Waals surface area contributed by atoms with Gasteiger partial charge in [-0.1, -0.05) is 52.0 Å². The van der Waals surface area contributed by atoms with E-state index in [9.17, 15) is 9.59 Å². The molecule has 0 saturated carbocycles. The number of hydrogen-bond acceptors (Lipinski definition) is 5. The Morgan fingerprint density at radius 3 is 2.39 bits per heavy atom. The summed E-state index contributed by atoms with van der Waals surface area (Å²) in [6, 6.07) is 7.77. The average Bonchev–Trinajstić information content (AvgIpc) is 2.70. The molecule has 1 aromatic rings. The highest BCUT2D eigenvalue weighted by molar-refractivity contribution is 5.85. The first kappa shape index (κ1) is 24.0. The first-order chi connectivity index (χ1) is 13.2. The number of aliphatic imine (C=N–C) groups is 1. The van der Waals surface area contributed by atoms with Crippen LogP contribution < -0.4 is 0 Å². The van der Waals surface area contributed by atoms with Crippen molar-refractivity contribution in [2.75, 3.05) is 13.7 Å². The van der Waals surface area contributed by atoms with Crippen molar-refractivity contribution in [2.24, 2.45) is 10.9 Å². The third-order valence-corrected chi connectivity index (χ3v) is 5.10. The summed E-state index contributed by atoms with van der Waals surface area (Å²) in [5, 5.41) is 0. The van der Waals surface area contributed by atoms with Crippen LogP contribution in [-0.2, 0) is 20.9 Å². The van der Waals surface area contributed by atoms with Crippen molar-refractivity contribution >= 4 is 17.5 Å². The molecule has 1 aromatic carbocycles. The molecule has 0 aromatic heterocycles. The minimum atomic E-state index is -0.253. The Bertz CT molecular complexity index is 682. The molecule has 5 nitrogen and oxygen atoms in total. The number of carbonyl (C=O) groups excluding carboxylic acids is 2. The number of ether oxygens (including phenoxy) is 1. The lowest BCUT2D eigenvalue weighted by Gasteiger charge is -2.28. The number of rotatable bonds is 11. The van der Waals surface area contributed by atoms with Crippen LogP contribution in [0.25, 0.3) is 0 Å². The highest BCUT2D eigenvalue weighted by Crippen LogP contribution is 2.25. The summed E-state index contributed by atoms with van der Waals surface area (Å²) in [6.07, 6.45) is 0.858. The van der Waals surface area contributed by atoms with Crippen molar-refractivity contribution in [3.05, 3.63) is 35.4 Å². The van der Waals surface area contributed by atoms with Gasteiger partial charge in [-0.2, -0.15) is 0 Å². The molecule has 156 valence electrons. The van der Waals surface area contributed by atoms with Gasteiger partial charge in [0.25, 0.3) is 0 Å². The van der Waals surface area contributed by atoms with Crippen molar-refractivity contribution in [2.45, 2.75) is 73.0 Å². The van der Waals surface area contributed by atoms with E-state index in [0.29, 0.717) is 25.3 Å². The van der Waals surface area contributed by atoms with Gasteiger partial charge in [0.15, 0.2) is 11.7 Å². The molecule has 0 aliphatic carbocycles. The Kier molecular flexibility index (Phi) is 10.1. The largest absolute Gasteiger partial charge is 0.484 e. The molecule has 0 saturated heterocycles. The van der Waals surface area contributed by atoms with Crippen LogP contribution in [0.4, 0.5) is 0 Å². The van der Waals surface area contributed by atoms with Crippen LogP contribution in [0.1, 0.15) is 71.6 Å². The maximum absolute atomic E-state index is 12.4. The first-order valence-corrected chi connectivity index (χ1v) is 10.2. The number of methoxy groups -OCH3 is 1. The van der Waals surface area contributed by atoms with Crippen LogP contribution >= 0.6 is 0 Å². The van der Waals surface area contributed by atoms with E-state index in [1.54, 1.807) is 14.0 Å². The van der Waals surface area contributed by atoms with Gasteiger partial charge in [-0.25, -0.2) is 4.99 Å². The summed E-state index contributed by atoms with van der Waals surface area (Å²) >= 11 is 0. The second-order valence-electron chi connectivity index (χ2n) is 7.51. The lowest BCUT2D eigenvalue weighted by atomic mass is 9.98. The quantitative estimate of drug-likeness (QED) is 0.411. The Morgan fingerprint density at radius 2 is 1.86 bits per heavy atom. The van der Waals surface area contributed by atoms with Crippen LogP contribution in [0.5, 0.6) is 0 Å². The van der Waals surface area contributed by atoms with Gasteiger partial charge in [0, 0.05) is 32.2 Å². The topological polar surface area (TPSA) is 59.0 Å². The summed E-state index contributed by atoms with van der Waals surface area (Å²) < 4.78 is 5.20. The van der Waals surface area contributed by atoms with Crippen LogP contribution in [0.3, 0.4) is 0 Å². The van der Waals surface area contributed by atoms with Crippen molar-refractivity contribution in [1.29, 1.82) is 0 Å². The zero-order valence-corrected chi connectivity index (χ0v) is 18.5. The van der Waals surface area contributed by atoms with Crippen molar-refractivity contribution in [1.82, 2.24) is 4.90 Å². The van der Waals surface area contributed by atoms with Gasteiger partial charge in [-0.05, 0) is 24.6 Å². The number of Topliss-reactive ketones (excluding diaryl/α,β-unsaturated/α-hetero) is 2. The van der Waals surface area contributed by atoms with Crippen molar-refractivity contribution < 1.29 is 14.3 Å². The van der Waals surface area contributed by atoms with Gasteiger partial charge in [-0.15, -0.1) is 0 Å². The molecule has 0 aliphatic rings. The molecule has 0 aliphatic heterocycles. The fourth-order valence-electron chi connectivity index (χ4n) is 3.19. The van der Waals surface area contributed by atoms with Crippen molar-refractivity contribution in [3.63, 3.8) is 0 Å². The van der Waals surface area contributed by atoms with E-state index in [0.717, 1.165) is 17.7 Å². The number of benzene rings is 1. The molecular formula is C23H36N2O3. The molecule has 0 heterocycles. The standard InChI is InChI=1S/C23H36N2O3/c1-8-21(26)14-22(24-18(6)28-7)20-12-10-11-19(13-20)15-25(9-2)17(5)23(27)16(3)4/h10-13,16-17,22H,8-9,14-15H2,1-7H3. The monoisotopic (exact) mass is 388 g/mol. The Morgan fingerprint density at radius 1 is 1.18 bits per heavy atom. The van der Waals surface area contributed by atoms with Crippen LogP contribution in [-0.4, -0.2) is 42.1 Å². The lowest BCUT2D eigenvalue weighted by molar-refractivity contribution is -0.126. The first-order valence-electron chi connectivity index (χ1n) is 10.2. The summed E-state index contributed by atoms with van der Waals surface area (Å²) in [7, 11) is 1.58. The fourth-order valence-corrected chi connectivity index (χ4v) is 3.19. The zero-order chi connectivity index (χ0) is 21.3. The molecule has 2 atom stereocenters. The molecule has 0 N–H and O–H groups in total. The van der Waals surface area contributed by atoms with E-state index in [-0.39, 0.29) is 29.6 Å². The Labute approximate surface area is 170 Å². The third kappa shape index (κ3) is 7.19. The molecule has 0 fully saturated rings. The summed E-state index contributed by atoms with van der Waals surface area (Å²) in [5.41, 5.74) is 2.11. The van der Waals surface area contributed by atoms with Crippen LogP contribution in [0, 0.1) is 5.92 Å². The van der Waals surface area contributed by atoms with E-state index >= 15 is 0 Å². The lowest BCUT2D eigenvalue weighted by Crippen LogP contribution is -2.40. The van der Waals surface area contributed by atoms with Crippen molar-refractivity contribution in [3.8, 4) is 0 Å². The highest BCUT2D eigenvalue weighted by atomic mass is 16.5. The molecule has 2 unspecified atom stereocenters. The molecule has 28 heavy (non-hydrogen) atoms. The number of likely N-dealkylation sites (N-methyl/N-ethyl adjacent to an activating group) is 1. The average molecular weight is 389 g/mol. The number of ketones is 2. The molecule has 1 rings (SSSR count). The predicted molar refractivity (Wildman–Crippen MR) is 115 cm³/mol. The number of hydrogen-bond donors (Lipinski definition) is 0. The minimum absolute atomic E-state index is 0.0196. The van der Waals surface area contributed by atoms with E-state index < -0.39 is 0 Å². The van der Waals surface area contributed by atoms with Gasteiger partial charge < -0.3 is 4.74 Å². The summed E-state index contributed by atoms with van der Waals surface area (Å²) in [6.45, 7) is 13.1. The summed E-state index contributed by atoms with van der Waals surface area (Å²) in [4.78, 5) is 31.2. The van der Waals surface area contributed by atoms with E-state index in [1.807, 2.05) is 39.8 Å². The molecule has 0 spiro atoms. The van der Waals surface area contributed by atoms with Gasteiger partial charge in [0.2, 0.25) is 0 Å². The second kappa shape index (κ2) is 11.7. The third-order valence-electron chi connectivity index (χ3n) is 5.10. The Hall–Kier alpha value is -2.01. The second-order valence-corrected chi connectivity index (χ2v) is 7.51. The maximum atomic E-state index is 12.4. The SMILES string of the molecule is CCC(=O)CC(N=C(C)OC)c1cccc(CN(CC)C(C)C(=O)C(C)C)c1. The molecule has 0 bridgehead atoms. The van der Waals surface area contributed by atoms with E-state index in [1.165, 1.54) is 0 Å². The van der Waals surface area contributed by atoms with Gasteiger partial charge in [0.1, 0.15) is 5.78 Å². The normalized spacial score (nSPS) is 14.2. The molecular weight excluding hydrogens is 352 g/mol. The van der Waals surface area contributed by atoms with Gasteiger partial charge >= 0.3 is 0 Å². The van der Waals surface area contributed by atoms with E-state index in [4.69, 9.17) is 4.74 Å². The molecule has 5 heteroatoms. The zero-order valence-electron chi connectivity index (χ0n) is 18.5. The van der Waals surface area contributed by atoms with Gasteiger partial charge in [0.05, 0.1) is 19.2 Å². The summed E-state index contributed by atoms with van der Waals surface area (Å²) in [5.74, 6) is 1.01. The Balaban J connectivity index is 3.09. The van der Waals surface area contributed by atoms with Crippen LogP contribution in [0.2, 0.25) is 0 Å².